The first-order valence-electron chi connectivity index (χ1n) is 5.88. The van der Waals surface area contributed by atoms with Crippen LogP contribution < -0.4 is 5.32 Å². The van der Waals surface area contributed by atoms with Gasteiger partial charge in [-0.05, 0) is 25.0 Å². The lowest BCUT2D eigenvalue weighted by atomic mass is 9.92. The van der Waals surface area contributed by atoms with Crippen LogP contribution in [0.4, 0.5) is 0 Å². The van der Waals surface area contributed by atoms with Gasteiger partial charge in [-0.3, -0.25) is 4.79 Å². The third-order valence-electron chi connectivity index (χ3n) is 3.14. The standard InChI is InChI=1S/C14H18N2O2/c1-10(2)14(3,18)9-16-13(17)12-7-5-4-6-11(12)8-15/h4-7,10,18H,9H2,1-3H3,(H,16,17). The number of carbonyl (C=O) groups excluding carboxylic acids is 1. The van der Waals surface area contributed by atoms with E-state index in [1.54, 1.807) is 31.2 Å². The van der Waals surface area contributed by atoms with Crippen molar-refractivity contribution in [3.8, 4) is 6.07 Å². The van der Waals surface area contributed by atoms with E-state index >= 15 is 0 Å². The Morgan fingerprint density at radius 3 is 2.67 bits per heavy atom. The number of carbonyl (C=O) groups is 1. The van der Waals surface area contributed by atoms with E-state index in [1.807, 2.05) is 19.9 Å². The summed E-state index contributed by atoms with van der Waals surface area (Å²) in [6.45, 7) is 5.60. The van der Waals surface area contributed by atoms with Crippen LogP contribution in [0.2, 0.25) is 0 Å². The average Bonchev–Trinajstić information content (AvgIpc) is 2.35. The summed E-state index contributed by atoms with van der Waals surface area (Å²) in [5.41, 5.74) is -0.296. The molecule has 0 radical (unpaired) electrons. The van der Waals surface area contributed by atoms with Crippen LogP contribution in [0, 0.1) is 17.2 Å². The number of hydrogen-bond acceptors (Lipinski definition) is 3. The van der Waals surface area contributed by atoms with Crippen LogP contribution in [0.5, 0.6) is 0 Å². The van der Waals surface area contributed by atoms with E-state index in [0.717, 1.165) is 0 Å². The summed E-state index contributed by atoms with van der Waals surface area (Å²) in [6, 6.07) is 8.57. The first-order chi connectivity index (χ1) is 8.38. The van der Waals surface area contributed by atoms with Crippen LogP contribution in [0.3, 0.4) is 0 Å². The maximum atomic E-state index is 11.9. The molecule has 4 heteroatoms. The summed E-state index contributed by atoms with van der Waals surface area (Å²) in [5.74, 6) is -0.308. The fourth-order valence-corrected chi connectivity index (χ4v) is 1.34. The second-order valence-corrected chi connectivity index (χ2v) is 4.85. The number of nitrogens with one attached hydrogen (secondary N) is 1. The highest BCUT2D eigenvalue weighted by Gasteiger charge is 2.25. The number of aliphatic hydroxyl groups is 1. The topological polar surface area (TPSA) is 73.1 Å². The van der Waals surface area contributed by atoms with Crippen molar-refractivity contribution in [1.29, 1.82) is 5.26 Å². The van der Waals surface area contributed by atoms with Crippen LogP contribution in [-0.2, 0) is 0 Å². The molecule has 0 saturated carbocycles. The molecular formula is C14H18N2O2. The normalized spacial score (nSPS) is 13.8. The third-order valence-corrected chi connectivity index (χ3v) is 3.14. The number of nitriles is 1. The van der Waals surface area contributed by atoms with Crippen molar-refractivity contribution in [1.82, 2.24) is 5.32 Å². The first-order valence-corrected chi connectivity index (χ1v) is 5.88. The van der Waals surface area contributed by atoms with E-state index in [0.29, 0.717) is 11.1 Å². The van der Waals surface area contributed by atoms with Crippen LogP contribution in [0.15, 0.2) is 24.3 Å². The molecule has 1 aromatic rings. The molecule has 0 spiro atoms. The number of hydrogen-bond donors (Lipinski definition) is 2. The van der Waals surface area contributed by atoms with Crippen molar-refractivity contribution in [3.63, 3.8) is 0 Å². The third kappa shape index (κ3) is 3.31. The van der Waals surface area contributed by atoms with Crippen LogP contribution in [-0.4, -0.2) is 23.2 Å². The smallest absolute Gasteiger partial charge is 0.252 e. The molecule has 1 atom stereocenters. The van der Waals surface area contributed by atoms with Gasteiger partial charge in [-0.2, -0.15) is 5.26 Å². The van der Waals surface area contributed by atoms with E-state index in [4.69, 9.17) is 5.26 Å². The Hall–Kier alpha value is -1.86. The molecule has 96 valence electrons. The van der Waals surface area contributed by atoms with Gasteiger partial charge in [0.25, 0.3) is 5.91 Å². The Kier molecular flexibility index (Phi) is 4.46. The maximum Gasteiger partial charge on any atom is 0.252 e. The second-order valence-electron chi connectivity index (χ2n) is 4.85. The molecule has 1 rings (SSSR count). The van der Waals surface area contributed by atoms with E-state index in [1.165, 1.54) is 0 Å². The van der Waals surface area contributed by atoms with Gasteiger partial charge in [-0.1, -0.05) is 26.0 Å². The minimum atomic E-state index is -0.961. The Morgan fingerprint density at radius 1 is 1.50 bits per heavy atom. The molecule has 0 saturated heterocycles. The maximum absolute atomic E-state index is 11.9. The molecule has 0 bridgehead atoms. The molecule has 1 aromatic carbocycles. The molecule has 18 heavy (non-hydrogen) atoms. The minimum Gasteiger partial charge on any atom is -0.388 e. The summed E-state index contributed by atoms with van der Waals surface area (Å²) < 4.78 is 0. The summed E-state index contributed by atoms with van der Waals surface area (Å²) in [4.78, 5) is 11.9. The zero-order valence-corrected chi connectivity index (χ0v) is 10.9. The second kappa shape index (κ2) is 5.65. The fraction of sp³-hybridized carbons (Fsp3) is 0.429. The molecule has 1 amide bonds. The van der Waals surface area contributed by atoms with Gasteiger partial charge in [0.15, 0.2) is 0 Å². The molecule has 0 aliphatic rings. The number of benzene rings is 1. The van der Waals surface area contributed by atoms with Crippen LogP contribution >= 0.6 is 0 Å². The number of amides is 1. The van der Waals surface area contributed by atoms with Gasteiger partial charge in [0.2, 0.25) is 0 Å². The van der Waals surface area contributed by atoms with Gasteiger partial charge < -0.3 is 10.4 Å². The lowest BCUT2D eigenvalue weighted by Gasteiger charge is -2.27. The quantitative estimate of drug-likeness (QED) is 0.849. The Morgan fingerprint density at radius 2 is 2.11 bits per heavy atom. The molecule has 0 aliphatic carbocycles. The Bertz CT molecular complexity index is 473. The van der Waals surface area contributed by atoms with Gasteiger partial charge in [-0.25, -0.2) is 0 Å². The van der Waals surface area contributed by atoms with E-state index in [2.05, 4.69) is 5.32 Å². The SMILES string of the molecule is CC(C)C(C)(O)CNC(=O)c1ccccc1C#N. The van der Waals surface area contributed by atoms with Crippen molar-refractivity contribution in [2.75, 3.05) is 6.54 Å². The van der Waals surface area contributed by atoms with Crippen molar-refractivity contribution < 1.29 is 9.90 Å². The van der Waals surface area contributed by atoms with Crippen LogP contribution in [0.1, 0.15) is 36.7 Å². The lowest BCUT2D eigenvalue weighted by Crippen LogP contribution is -2.44. The van der Waals surface area contributed by atoms with Crippen LogP contribution in [0.25, 0.3) is 0 Å². The molecule has 4 nitrogen and oxygen atoms in total. The molecule has 1 unspecified atom stereocenters. The van der Waals surface area contributed by atoms with E-state index < -0.39 is 5.60 Å². The van der Waals surface area contributed by atoms with E-state index in [9.17, 15) is 9.90 Å². The lowest BCUT2D eigenvalue weighted by molar-refractivity contribution is 0.0142. The zero-order chi connectivity index (χ0) is 13.8. The van der Waals surface area contributed by atoms with Crippen molar-refractivity contribution >= 4 is 5.91 Å². The minimum absolute atomic E-state index is 0.0315. The zero-order valence-electron chi connectivity index (χ0n) is 10.9. The largest absolute Gasteiger partial charge is 0.388 e. The molecular weight excluding hydrogens is 228 g/mol. The fourth-order valence-electron chi connectivity index (χ4n) is 1.34. The van der Waals surface area contributed by atoms with Gasteiger partial charge in [-0.15, -0.1) is 0 Å². The monoisotopic (exact) mass is 246 g/mol. The predicted molar refractivity (Wildman–Crippen MR) is 69.0 cm³/mol. The van der Waals surface area contributed by atoms with Gasteiger partial charge in [0.05, 0.1) is 22.8 Å². The average molecular weight is 246 g/mol. The van der Waals surface area contributed by atoms with Crippen molar-refractivity contribution in [3.05, 3.63) is 35.4 Å². The van der Waals surface area contributed by atoms with Crippen molar-refractivity contribution in [2.45, 2.75) is 26.4 Å². The molecule has 0 aromatic heterocycles. The summed E-state index contributed by atoms with van der Waals surface area (Å²) >= 11 is 0. The summed E-state index contributed by atoms with van der Waals surface area (Å²) in [7, 11) is 0. The highest BCUT2D eigenvalue weighted by Crippen LogP contribution is 2.15. The summed E-state index contributed by atoms with van der Waals surface area (Å²) in [5, 5.41) is 21.6. The molecule has 0 heterocycles. The summed E-state index contributed by atoms with van der Waals surface area (Å²) in [6.07, 6.45) is 0. The number of nitrogens with zero attached hydrogens (tertiary/aromatic N) is 1. The Balaban J connectivity index is 2.76. The van der Waals surface area contributed by atoms with E-state index in [-0.39, 0.29) is 18.4 Å². The van der Waals surface area contributed by atoms with Gasteiger partial charge in [0, 0.05) is 6.54 Å². The van der Waals surface area contributed by atoms with Gasteiger partial charge in [0.1, 0.15) is 0 Å². The molecule has 0 aliphatic heterocycles. The Labute approximate surface area is 107 Å². The first kappa shape index (κ1) is 14.2. The molecule has 0 fully saturated rings. The molecule has 2 N–H and O–H groups in total. The van der Waals surface area contributed by atoms with Gasteiger partial charge >= 0.3 is 0 Å². The highest BCUT2D eigenvalue weighted by molar-refractivity contribution is 5.96. The van der Waals surface area contributed by atoms with Crippen molar-refractivity contribution in [2.24, 2.45) is 5.92 Å². The predicted octanol–water partition coefficient (Wildman–Crippen LogP) is 1.70. The highest BCUT2D eigenvalue weighted by atomic mass is 16.3. The number of rotatable bonds is 4.